The molecule has 0 spiro atoms. The summed E-state index contributed by atoms with van der Waals surface area (Å²) in [7, 11) is 0. The molecule has 1 atom stereocenters. The predicted molar refractivity (Wildman–Crippen MR) is 66.0 cm³/mol. The molecule has 1 heterocycles. The first-order valence-corrected chi connectivity index (χ1v) is 6.16. The maximum absolute atomic E-state index is 11.9. The van der Waals surface area contributed by atoms with Gasteiger partial charge in [-0.1, -0.05) is 0 Å². The van der Waals surface area contributed by atoms with Gasteiger partial charge in [-0.2, -0.15) is 0 Å². The number of hydrogen-bond donors (Lipinski definition) is 1. The van der Waals surface area contributed by atoms with Gasteiger partial charge >= 0.3 is 6.09 Å². The van der Waals surface area contributed by atoms with E-state index < -0.39 is 11.5 Å². The van der Waals surface area contributed by atoms with Crippen molar-refractivity contribution in [2.75, 3.05) is 19.7 Å². The normalized spacial score (nSPS) is 20.6. The lowest BCUT2D eigenvalue weighted by atomic mass is 10.1. The number of hydrogen-bond acceptors (Lipinski definition) is 4. The minimum atomic E-state index is -0.502. The Balaban J connectivity index is 2.43. The molecule has 2 N–H and O–H groups in total. The number of piperidine rings is 1. The summed E-state index contributed by atoms with van der Waals surface area (Å²) in [6.07, 6.45) is 1.18. The van der Waals surface area contributed by atoms with E-state index in [1.54, 1.807) is 4.90 Å². The van der Waals surface area contributed by atoms with Crippen molar-refractivity contribution >= 4 is 12.0 Å². The summed E-state index contributed by atoms with van der Waals surface area (Å²) in [6.45, 7) is 6.49. The fourth-order valence-electron chi connectivity index (χ4n) is 1.77. The van der Waals surface area contributed by atoms with Gasteiger partial charge in [-0.25, -0.2) is 4.79 Å². The topological polar surface area (TPSA) is 81.9 Å². The largest absolute Gasteiger partial charge is 0.444 e. The highest BCUT2D eigenvalue weighted by Crippen LogP contribution is 2.16. The first kappa shape index (κ1) is 14.8. The number of primary amides is 1. The Hall–Kier alpha value is -1.30. The van der Waals surface area contributed by atoms with E-state index in [0.717, 1.165) is 12.8 Å². The Labute approximate surface area is 107 Å². The van der Waals surface area contributed by atoms with Crippen molar-refractivity contribution in [3.8, 4) is 0 Å². The lowest BCUT2D eigenvalue weighted by molar-refractivity contribution is -0.125. The SMILES string of the molecule is CC(C)(C)OC(=O)N1CCCC(OCC(N)=O)C1. The van der Waals surface area contributed by atoms with Crippen LogP contribution in [0.15, 0.2) is 0 Å². The van der Waals surface area contributed by atoms with Gasteiger partial charge in [0.2, 0.25) is 5.91 Å². The van der Waals surface area contributed by atoms with Crippen molar-refractivity contribution in [3.63, 3.8) is 0 Å². The second kappa shape index (κ2) is 6.04. The summed E-state index contributed by atoms with van der Waals surface area (Å²) in [4.78, 5) is 24.1. The van der Waals surface area contributed by atoms with Crippen LogP contribution >= 0.6 is 0 Å². The second-order valence-corrected chi connectivity index (χ2v) is 5.47. The molecule has 1 rings (SSSR count). The fourth-order valence-corrected chi connectivity index (χ4v) is 1.77. The lowest BCUT2D eigenvalue weighted by Crippen LogP contribution is -2.46. The van der Waals surface area contributed by atoms with Crippen molar-refractivity contribution in [3.05, 3.63) is 0 Å². The zero-order valence-electron chi connectivity index (χ0n) is 11.3. The number of nitrogens with zero attached hydrogens (tertiary/aromatic N) is 1. The monoisotopic (exact) mass is 258 g/mol. The lowest BCUT2D eigenvalue weighted by Gasteiger charge is -2.33. The van der Waals surface area contributed by atoms with Crippen molar-refractivity contribution in [2.24, 2.45) is 5.73 Å². The maximum atomic E-state index is 11.9. The van der Waals surface area contributed by atoms with E-state index in [-0.39, 0.29) is 18.8 Å². The summed E-state index contributed by atoms with van der Waals surface area (Å²) in [5.74, 6) is -0.496. The molecule has 1 saturated heterocycles. The molecule has 104 valence electrons. The van der Waals surface area contributed by atoms with E-state index in [2.05, 4.69) is 0 Å². The summed E-state index contributed by atoms with van der Waals surface area (Å²) in [5, 5.41) is 0. The Kier molecular flexibility index (Phi) is 4.95. The highest BCUT2D eigenvalue weighted by atomic mass is 16.6. The molecule has 1 aliphatic heterocycles. The van der Waals surface area contributed by atoms with E-state index in [1.807, 2.05) is 20.8 Å². The van der Waals surface area contributed by atoms with Gasteiger partial charge in [-0.3, -0.25) is 4.79 Å². The summed E-state index contributed by atoms with van der Waals surface area (Å²) in [6, 6.07) is 0. The van der Waals surface area contributed by atoms with Crippen molar-refractivity contribution in [2.45, 2.75) is 45.3 Å². The number of nitrogens with two attached hydrogens (primary N) is 1. The molecule has 18 heavy (non-hydrogen) atoms. The minimum absolute atomic E-state index is 0.104. The number of carbonyl (C=O) groups excluding carboxylic acids is 2. The third-order valence-electron chi connectivity index (χ3n) is 2.49. The highest BCUT2D eigenvalue weighted by Gasteiger charge is 2.28. The fraction of sp³-hybridized carbons (Fsp3) is 0.833. The minimum Gasteiger partial charge on any atom is -0.444 e. The highest BCUT2D eigenvalue weighted by molar-refractivity contribution is 5.75. The van der Waals surface area contributed by atoms with Crippen molar-refractivity contribution in [1.29, 1.82) is 0 Å². The zero-order chi connectivity index (χ0) is 13.8. The van der Waals surface area contributed by atoms with Gasteiger partial charge in [0.05, 0.1) is 12.6 Å². The summed E-state index contributed by atoms with van der Waals surface area (Å²) < 4.78 is 10.6. The Bertz CT molecular complexity index is 312. The average Bonchev–Trinajstić information content (AvgIpc) is 2.24. The van der Waals surface area contributed by atoms with E-state index in [9.17, 15) is 9.59 Å². The van der Waals surface area contributed by atoms with E-state index in [4.69, 9.17) is 15.2 Å². The number of amides is 2. The van der Waals surface area contributed by atoms with Crippen LogP contribution < -0.4 is 5.73 Å². The summed E-state index contributed by atoms with van der Waals surface area (Å²) in [5.41, 5.74) is 4.52. The molecule has 0 saturated carbocycles. The molecule has 0 aromatic heterocycles. The number of rotatable bonds is 3. The average molecular weight is 258 g/mol. The van der Waals surface area contributed by atoms with Crippen LogP contribution in [0.1, 0.15) is 33.6 Å². The first-order valence-electron chi connectivity index (χ1n) is 6.16. The van der Waals surface area contributed by atoms with Gasteiger partial charge in [0.15, 0.2) is 0 Å². The molecule has 1 aliphatic rings. The molecule has 0 bridgehead atoms. The maximum Gasteiger partial charge on any atom is 0.410 e. The van der Waals surface area contributed by atoms with Gasteiger partial charge in [0, 0.05) is 6.54 Å². The molecule has 6 nitrogen and oxygen atoms in total. The third-order valence-corrected chi connectivity index (χ3v) is 2.49. The molecule has 2 amide bonds. The molecule has 6 heteroatoms. The smallest absolute Gasteiger partial charge is 0.410 e. The predicted octanol–water partition coefficient (Wildman–Crippen LogP) is 0.888. The van der Waals surface area contributed by atoms with E-state index in [1.165, 1.54) is 0 Å². The van der Waals surface area contributed by atoms with Crippen LogP contribution in [0.3, 0.4) is 0 Å². The van der Waals surface area contributed by atoms with Gasteiger partial charge in [-0.15, -0.1) is 0 Å². The molecule has 0 aromatic carbocycles. The van der Waals surface area contributed by atoms with Crippen LogP contribution in [-0.4, -0.2) is 48.3 Å². The third kappa shape index (κ3) is 5.35. The van der Waals surface area contributed by atoms with Crippen molar-refractivity contribution in [1.82, 2.24) is 4.90 Å². The van der Waals surface area contributed by atoms with Gasteiger partial charge in [-0.05, 0) is 33.6 Å². The van der Waals surface area contributed by atoms with E-state index in [0.29, 0.717) is 13.1 Å². The molecular formula is C12H22N2O4. The number of ether oxygens (including phenoxy) is 2. The Morgan fingerprint density at radius 3 is 2.61 bits per heavy atom. The Morgan fingerprint density at radius 2 is 2.06 bits per heavy atom. The summed E-state index contributed by atoms with van der Waals surface area (Å²) >= 11 is 0. The van der Waals surface area contributed by atoms with Gasteiger partial charge < -0.3 is 20.1 Å². The van der Waals surface area contributed by atoms with Crippen LogP contribution in [-0.2, 0) is 14.3 Å². The van der Waals surface area contributed by atoms with Crippen molar-refractivity contribution < 1.29 is 19.1 Å². The van der Waals surface area contributed by atoms with E-state index >= 15 is 0 Å². The second-order valence-electron chi connectivity index (χ2n) is 5.47. The Morgan fingerprint density at radius 1 is 1.39 bits per heavy atom. The number of likely N-dealkylation sites (tertiary alicyclic amines) is 1. The van der Waals surface area contributed by atoms with Crippen LogP contribution in [0.2, 0.25) is 0 Å². The van der Waals surface area contributed by atoms with Crippen LogP contribution in [0, 0.1) is 0 Å². The molecule has 0 radical (unpaired) electrons. The standard InChI is InChI=1S/C12H22N2O4/c1-12(2,3)18-11(16)14-6-4-5-9(7-14)17-8-10(13)15/h9H,4-8H2,1-3H3,(H2,13,15). The zero-order valence-corrected chi connectivity index (χ0v) is 11.3. The molecule has 0 aromatic rings. The molecule has 0 aliphatic carbocycles. The molecule has 1 unspecified atom stereocenters. The van der Waals surface area contributed by atoms with Gasteiger partial charge in [0.25, 0.3) is 0 Å². The first-order chi connectivity index (χ1) is 8.28. The molecular weight excluding hydrogens is 236 g/mol. The quantitative estimate of drug-likeness (QED) is 0.815. The van der Waals surface area contributed by atoms with Crippen LogP contribution in [0.5, 0.6) is 0 Å². The van der Waals surface area contributed by atoms with Gasteiger partial charge in [0.1, 0.15) is 12.2 Å². The molecule has 1 fully saturated rings. The number of carbonyl (C=O) groups is 2. The van der Waals surface area contributed by atoms with Crippen LogP contribution in [0.25, 0.3) is 0 Å². The van der Waals surface area contributed by atoms with Crippen LogP contribution in [0.4, 0.5) is 4.79 Å².